The van der Waals surface area contributed by atoms with Gasteiger partial charge in [0, 0.05) is 12.6 Å². The molecule has 0 bridgehead atoms. The van der Waals surface area contributed by atoms with Crippen LogP contribution in [0.2, 0.25) is 0 Å². The van der Waals surface area contributed by atoms with Crippen molar-refractivity contribution in [1.29, 1.82) is 0 Å². The first-order valence-electron chi connectivity index (χ1n) is 6.79. The fourth-order valence-corrected chi connectivity index (χ4v) is 2.37. The van der Waals surface area contributed by atoms with Crippen LogP contribution in [0.15, 0.2) is 42.5 Å². The lowest BCUT2D eigenvalue weighted by Gasteiger charge is -2.15. The maximum absolute atomic E-state index is 13.1. The van der Waals surface area contributed by atoms with E-state index in [9.17, 15) is 23.3 Å². The minimum absolute atomic E-state index is 0.306. The molecule has 23 heavy (non-hydrogen) atoms. The van der Waals surface area contributed by atoms with Crippen molar-refractivity contribution in [2.24, 2.45) is 0 Å². The zero-order valence-corrected chi connectivity index (χ0v) is 12.6. The Balaban J connectivity index is 2.60. The third-order valence-corrected chi connectivity index (χ3v) is 3.31. The van der Waals surface area contributed by atoms with Crippen LogP contribution in [0.25, 0.3) is 11.1 Å². The molecule has 0 saturated carbocycles. The van der Waals surface area contributed by atoms with E-state index in [0.717, 1.165) is 17.7 Å². The van der Waals surface area contributed by atoms with E-state index in [1.165, 1.54) is 6.07 Å². The molecule has 4 nitrogen and oxygen atoms in total. The van der Waals surface area contributed by atoms with Crippen molar-refractivity contribution in [3.05, 3.63) is 63.7 Å². The standard InChI is InChI=1S/C16H15F3N2O2/c1-20(2)10-12-5-3-4-6-13(12)11-7-8-15(21(22)23)14(9-11)16(17,18)19/h3-9H,10H2,1-2H3. The van der Waals surface area contributed by atoms with Crippen molar-refractivity contribution in [2.75, 3.05) is 14.1 Å². The molecule has 2 aromatic carbocycles. The van der Waals surface area contributed by atoms with Gasteiger partial charge >= 0.3 is 6.18 Å². The molecule has 2 aromatic rings. The van der Waals surface area contributed by atoms with Crippen LogP contribution in [0, 0.1) is 10.1 Å². The number of halogens is 3. The third-order valence-electron chi connectivity index (χ3n) is 3.31. The monoisotopic (exact) mass is 324 g/mol. The van der Waals surface area contributed by atoms with E-state index in [-0.39, 0.29) is 0 Å². The van der Waals surface area contributed by atoms with Crippen molar-refractivity contribution in [1.82, 2.24) is 4.90 Å². The maximum Gasteiger partial charge on any atom is 0.423 e. The van der Waals surface area contributed by atoms with Gasteiger partial charge in [0.25, 0.3) is 5.69 Å². The molecule has 0 saturated heterocycles. The normalized spacial score (nSPS) is 11.7. The number of hydrogen-bond donors (Lipinski definition) is 0. The Morgan fingerprint density at radius 1 is 1.13 bits per heavy atom. The summed E-state index contributed by atoms with van der Waals surface area (Å²) < 4.78 is 39.3. The highest BCUT2D eigenvalue weighted by molar-refractivity contribution is 5.70. The first-order valence-corrected chi connectivity index (χ1v) is 6.79. The first kappa shape index (κ1) is 17.0. The Bertz CT molecular complexity index is 728. The van der Waals surface area contributed by atoms with E-state index in [1.807, 2.05) is 25.1 Å². The molecule has 0 atom stereocenters. The molecular weight excluding hydrogens is 309 g/mol. The van der Waals surface area contributed by atoms with Gasteiger partial charge in [-0.25, -0.2) is 0 Å². The van der Waals surface area contributed by atoms with Gasteiger partial charge in [-0.15, -0.1) is 0 Å². The van der Waals surface area contributed by atoms with E-state index >= 15 is 0 Å². The molecule has 0 amide bonds. The van der Waals surface area contributed by atoms with Crippen LogP contribution in [-0.4, -0.2) is 23.9 Å². The molecule has 0 heterocycles. The van der Waals surface area contributed by atoms with E-state index in [1.54, 1.807) is 18.2 Å². The number of rotatable bonds is 4. The van der Waals surface area contributed by atoms with Crippen molar-refractivity contribution in [3.63, 3.8) is 0 Å². The summed E-state index contributed by atoms with van der Waals surface area (Å²) in [4.78, 5) is 11.7. The first-order chi connectivity index (χ1) is 10.7. The third kappa shape index (κ3) is 3.87. The number of alkyl halides is 3. The predicted molar refractivity (Wildman–Crippen MR) is 80.9 cm³/mol. The Morgan fingerprint density at radius 3 is 2.35 bits per heavy atom. The minimum Gasteiger partial charge on any atom is -0.305 e. The Labute approximate surface area is 131 Å². The lowest BCUT2D eigenvalue weighted by atomic mass is 9.97. The highest BCUT2D eigenvalue weighted by Crippen LogP contribution is 2.39. The summed E-state index contributed by atoms with van der Waals surface area (Å²) in [5.41, 5.74) is -0.396. The van der Waals surface area contributed by atoms with E-state index in [0.29, 0.717) is 17.7 Å². The average Bonchev–Trinajstić information content (AvgIpc) is 2.45. The van der Waals surface area contributed by atoms with Crippen LogP contribution < -0.4 is 0 Å². The van der Waals surface area contributed by atoms with E-state index < -0.39 is 22.4 Å². The number of nitro benzene ring substituents is 1. The van der Waals surface area contributed by atoms with Gasteiger partial charge in [-0.3, -0.25) is 10.1 Å². The molecule has 0 radical (unpaired) electrons. The van der Waals surface area contributed by atoms with E-state index in [2.05, 4.69) is 0 Å². The van der Waals surface area contributed by atoms with Gasteiger partial charge in [0.05, 0.1) is 4.92 Å². The van der Waals surface area contributed by atoms with Crippen LogP contribution in [0.4, 0.5) is 18.9 Å². The molecule has 0 aromatic heterocycles. The molecule has 122 valence electrons. The highest BCUT2D eigenvalue weighted by atomic mass is 19.4. The minimum atomic E-state index is -4.78. The maximum atomic E-state index is 13.1. The van der Waals surface area contributed by atoms with Crippen LogP contribution in [0.5, 0.6) is 0 Å². The van der Waals surface area contributed by atoms with Crippen molar-refractivity contribution >= 4 is 5.69 Å². The van der Waals surface area contributed by atoms with Crippen LogP contribution in [-0.2, 0) is 12.7 Å². The van der Waals surface area contributed by atoms with Gasteiger partial charge in [0.2, 0.25) is 0 Å². The SMILES string of the molecule is CN(C)Cc1ccccc1-c1ccc([N+](=O)[O-])c(C(F)(F)F)c1. The summed E-state index contributed by atoms with van der Waals surface area (Å²) in [7, 11) is 3.71. The molecule has 0 aliphatic rings. The molecule has 0 fully saturated rings. The number of benzene rings is 2. The predicted octanol–water partition coefficient (Wildman–Crippen LogP) is 4.34. The Morgan fingerprint density at radius 2 is 1.78 bits per heavy atom. The van der Waals surface area contributed by atoms with Gasteiger partial charge in [-0.05, 0) is 42.9 Å². The lowest BCUT2D eigenvalue weighted by molar-refractivity contribution is -0.388. The van der Waals surface area contributed by atoms with Gasteiger partial charge < -0.3 is 4.90 Å². The molecular formula is C16H15F3N2O2. The fourth-order valence-electron chi connectivity index (χ4n) is 2.37. The summed E-state index contributed by atoms with van der Waals surface area (Å²) in [6, 6.07) is 10.2. The van der Waals surface area contributed by atoms with Crippen LogP contribution >= 0.6 is 0 Å². The largest absolute Gasteiger partial charge is 0.423 e. The summed E-state index contributed by atoms with van der Waals surface area (Å²) in [6.45, 7) is 0.550. The lowest BCUT2D eigenvalue weighted by Crippen LogP contribution is -2.12. The van der Waals surface area contributed by atoms with Crippen molar-refractivity contribution < 1.29 is 18.1 Å². The number of nitrogens with zero attached hydrogens (tertiary/aromatic N) is 2. The average molecular weight is 324 g/mol. The zero-order chi connectivity index (χ0) is 17.2. The highest BCUT2D eigenvalue weighted by Gasteiger charge is 2.38. The smallest absolute Gasteiger partial charge is 0.305 e. The summed E-state index contributed by atoms with van der Waals surface area (Å²) in [5, 5.41) is 10.8. The van der Waals surface area contributed by atoms with Gasteiger partial charge in [0.15, 0.2) is 0 Å². The molecule has 0 aliphatic carbocycles. The quantitative estimate of drug-likeness (QED) is 0.621. The summed E-state index contributed by atoms with van der Waals surface area (Å²) >= 11 is 0. The Hall–Kier alpha value is -2.41. The van der Waals surface area contributed by atoms with Crippen molar-refractivity contribution in [3.8, 4) is 11.1 Å². The number of hydrogen-bond acceptors (Lipinski definition) is 3. The topological polar surface area (TPSA) is 46.4 Å². The Kier molecular flexibility index (Phi) is 4.70. The van der Waals surface area contributed by atoms with Crippen LogP contribution in [0.1, 0.15) is 11.1 Å². The second-order valence-corrected chi connectivity index (χ2v) is 5.38. The van der Waals surface area contributed by atoms with Gasteiger partial charge in [-0.1, -0.05) is 24.3 Å². The molecule has 0 unspecified atom stereocenters. The summed E-state index contributed by atoms with van der Waals surface area (Å²) in [5.74, 6) is 0. The van der Waals surface area contributed by atoms with Gasteiger partial charge in [0.1, 0.15) is 5.56 Å². The molecule has 2 rings (SSSR count). The van der Waals surface area contributed by atoms with Crippen LogP contribution in [0.3, 0.4) is 0 Å². The second-order valence-electron chi connectivity index (χ2n) is 5.38. The summed E-state index contributed by atoms with van der Waals surface area (Å²) in [6.07, 6.45) is -4.78. The zero-order valence-electron chi connectivity index (χ0n) is 12.6. The molecule has 0 aliphatic heterocycles. The molecule has 0 spiro atoms. The second kappa shape index (κ2) is 6.37. The van der Waals surface area contributed by atoms with E-state index in [4.69, 9.17) is 0 Å². The molecule has 7 heteroatoms. The fraction of sp³-hybridized carbons (Fsp3) is 0.250. The van der Waals surface area contributed by atoms with Gasteiger partial charge in [-0.2, -0.15) is 13.2 Å². The number of nitro groups is 1. The molecule has 0 N–H and O–H groups in total. The van der Waals surface area contributed by atoms with Crippen molar-refractivity contribution in [2.45, 2.75) is 12.7 Å².